The van der Waals surface area contributed by atoms with Crippen molar-refractivity contribution in [1.29, 1.82) is 0 Å². The molecule has 0 amide bonds. The molecule has 0 atom stereocenters. The number of aryl methyl sites for hydroxylation is 3. The van der Waals surface area contributed by atoms with Crippen molar-refractivity contribution in [1.82, 2.24) is 0 Å². The molecule has 0 aliphatic heterocycles. The predicted octanol–water partition coefficient (Wildman–Crippen LogP) is 4.06. The van der Waals surface area contributed by atoms with Crippen LogP contribution >= 0.6 is 15.9 Å². The molecule has 0 bridgehead atoms. The third-order valence-electron chi connectivity index (χ3n) is 2.22. The number of benzene rings is 1. The summed E-state index contributed by atoms with van der Waals surface area (Å²) in [6, 6.07) is 3.72. The predicted molar refractivity (Wildman–Crippen MR) is 69.3 cm³/mol. The summed E-state index contributed by atoms with van der Waals surface area (Å²) >= 11 is 2.10. The Morgan fingerprint density at radius 1 is 1.28 bits per heavy atom. The minimum absolute atomic E-state index is 0.410. The smallest absolute Gasteiger partial charge is 0.336 e. The van der Waals surface area contributed by atoms with Crippen LogP contribution in [0.3, 0.4) is 0 Å². The Morgan fingerprint density at radius 2 is 1.78 bits per heavy atom. The van der Waals surface area contributed by atoms with E-state index in [2.05, 4.69) is 15.9 Å². The monoisotopic (exact) mass is 318 g/mol. The van der Waals surface area contributed by atoms with E-state index in [1.807, 2.05) is 19.1 Å². The number of carbonyl (C=O) groups is 1. The summed E-state index contributed by atoms with van der Waals surface area (Å²) in [6.07, 6.45) is 1.14. The van der Waals surface area contributed by atoms with Gasteiger partial charge in [0.1, 0.15) is 5.75 Å². The van der Waals surface area contributed by atoms with E-state index >= 15 is 0 Å². The summed E-state index contributed by atoms with van der Waals surface area (Å²) in [5.74, 6) is -0.419. The largest absolute Gasteiger partial charge is 0.423 e. The van der Waals surface area contributed by atoms with E-state index in [4.69, 9.17) is 4.74 Å². The highest BCUT2D eigenvalue weighted by Crippen LogP contribution is 2.26. The molecule has 0 unspecified atom stereocenters. The molecule has 0 saturated heterocycles. The molecule has 1 aromatic rings. The summed E-state index contributed by atoms with van der Waals surface area (Å²) in [5.41, 5.74) is 2.63. The van der Waals surface area contributed by atoms with Gasteiger partial charge in [-0.05, 0) is 47.8 Å². The summed E-state index contributed by atoms with van der Waals surface area (Å²) in [4.78, 5) is 8.18. The summed E-state index contributed by atoms with van der Waals surface area (Å²) in [7, 11) is 0. The van der Waals surface area contributed by atoms with Gasteiger partial charge in [0.25, 0.3) is 0 Å². The van der Waals surface area contributed by atoms with Gasteiger partial charge in [-0.2, -0.15) is 8.78 Å². The Morgan fingerprint density at radius 3 is 2.22 bits per heavy atom. The van der Waals surface area contributed by atoms with Crippen LogP contribution in [0.25, 0.3) is 0 Å². The van der Waals surface area contributed by atoms with Crippen LogP contribution in [0, 0.1) is 20.8 Å². The van der Waals surface area contributed by atoms with Crippen molar-refractivity contribution >= 4 is 21.9 Å². The van der Waals surface area contributed by atoms with Gasteiger partial charge in [-0.25, -0.2) is 4.79 Å². The minimum Gasteiger partial charge on any atom is -0.423 e. The first kappa shape index (κ1) is 14.8. The lowest BCUT2D eigenvalue weighted by molar-refractivity contribution is -0.129. The molecule has 0 aliphatic carbocycles. The lowest BCUT2D eigenvalue weighted by Crippen LogP contribution is -2.09. The molecule has 0 radical (unpaired) electrons. The average Bonchev–Trinajstić information content (AvgIpc) is 2.19. The molecule has 0 N–H and O–H groups in total. The summed E-state index contributed by atoms with van der Waals surface area (Å²) < 4.78 is 30.0. The molecule has 0 aliphatic rings. The highest BCUT2D eigenvalue weighted by molar-refractivity contribution is 9.10. The van der Waals surface area contributed by atoms with Crippen molar-refractivity contribution in [2.45, 2.75) is 25.6 Å². The summed E-state index contributed by atoms with van der Waals surface area (Å²) in [5, 5.41) is 0. The van der Waals surface area contributed by atoms with Crippen molar-refractivity contribution in [3.05, 3.63) is 41.0 Å². The number of esters is 1. The van der Waals surface area contributed by atoms with Crippen LogP contribution in [0.4, 0.5) is 8.78 Å². The van der Waals surface area contributed by atoms with Gasteiger partial charge in [-0.1, -0.05) is 17.7 Å². The number of ether oxygens (including phenoxy) is 1. The van der Waals surface area contributed by atoms with Crippen molar-refractivity contribution in [2.24, 2.45) is 0 Å². The molecule has 18 heavy (non-hydrogen) atoms. The first-order valence-electron chi connectivity index (χ1n) is 5.24. The maximum absolute atomic E-state index is 12.5. The van der Waals surface area contributed by atoms with Gasteiger partial charge in [0, 0.05) is 12.2 Å². The fraction of sp³-hybridized carbons (Fsp3) is 0.308. The highest BCUT2D eigenvalue weighted by Gasteiger charge is 2.19. The van der Waals surface area contributed by atoms with Crippen molar-refractivity contribution < 1.29 is 18.3 Å². The summed E-state index contributed by atoms with van der Waals surface area (Å²) in [6.45, 7) is 5.52. The van der Waals surface area contributed by atoms with Crippen LogP contribution in [0.15, 0.2) is 24.3 Å². The average molecular weight is 319 g/mol. The maximum atomic E-state index is 12.5. The van der Waals surface area contributed by atoms with Crippen molar-refractivity contribution in [2.75, 3.05) is 0 Å². The number of alkyl halides is 3. The first-order valence-corrected chi connectivity index (χ1v) is 6.04. The quantitative estimate of drug-likeness (QED) is 0.363. The molecule has 5 heteroatoms. The number of halogens is 3. The van der Waals surface area contributed by atoms with Crippen LogP contribution in [-0.4, -0.2) is 10.8 Å². The van der Waals surface area contributed by atoms with Gasteiger partial charge in [-0.3, -0.25) is 0 Å². The van der Waals surface area contributed by atoms with Gasteiger partial charge in [0.05, 0.1) is 0 Å². The van der Waals surface area contributed by atoms with Crippen LogP contribution < -0.4 is 4.74 Å². The van der Waals surface area contributed by atoms with Gasteiger partial charge in [-0.15, -0.1) is 0 Å². The molecule has 2 nitrogen and oxygen atoms in total. The van der Waals surface area contributed by atoms with E-state index < -0.39 is 10.8 Å². The topological polar surface area (TPSA) is 26.3 Å². The Bertz CT molecular complexity index is 467. The third-order valence-corrected chi connectivity index (χ3v) is 2.48. The molecule has 98 valence electrons. The fourth-order valence-corrected chi connectivity index (χ4v) is 1.76. The Balaban J connectivity index is 2.86. The number of hydrogen-bond acceptors (Lipinski definition) is 2. The highest BCUT2D eigenvalue weighted by atomic mass is 79.9. The zero-order chi connectivity index (χ0) is 13.9. The zero-order valence-electron chi connectivity index (χ0n) is 10.3. The molecular formula is C13H13BrF2O2. The first-order chi connectivity index (χ1) is 8.19. The van der Waals surface area contributed by atoms with Gasteiger partial charge >= 0.3 is 10.8 Å². The molecular weight excluding hydrogens is 306 g/mol. The second-order valence-corrected chi connectivity index (χ2v) is 5.08. The Kier molecular flexibility index (Phi) is 4.62. The van der Waals surface area contributed by atoms with Crippen molar-refractivity contribution in [3.63, 3.8) is 0 Å². The number of carbonyl (C=O) groups excluding carboxylic acids is 1. The molecule has 0 heterocycles. The fourth-order valence-electron chi connectivity index (χ4n) is 1.62. The maximum Gasteiger partial charge on any atom is 0.336 e. The van der Waals surface area contributed by atoms with E-state index in [1.54, 1.807) is 13.8 Å². The standard InChI is InChI=1S/C13H13BrF2O2/c1-8-6-9(2)12(10(3)7-8)18-11(17)4-5-13(14,15)16/h4-7H,1-3H3/b5-4+. The normalized spacial score (nSPS) is 11.9. The van der Waals surface area contributed by atoms with E-state index in [0.717, 1.165) is 16.7 Å². The van der Waals surface area contributed by atoms with Crippen LogP contribution in [0.1, 0.15) is 16.7 Å². The lowest BCUT2D eigenvalue weighted by Gasteiger charge is -2.10. The van der Waals surface area contributed by atoms with Crippen LogP contribution in [0.2, 0.25) is 0 Å². The van der Waals surface area contributed by atoms with E-state index in [9.17, 15) is 13.6 Å². The van der Waals surface area contributed by atoms with Gasteiger partial charge < -0.3 is 4.74 Å². The van der Waals surface area contributed by atoms with E-state index in [0.29, 0.717) is 17.9 Å². The molecule has 0 spiro atoms. The number of hydrogen-bond donors (Lipinski definition) is 0. The Hall–Kier alpha value is -1.23. The Labute approximate surface area is 113 Å². The lowest BCUT2D eigenvalue weighted by atomic mass is 10.1. The molecule has 0 aromatic heterocycles. The molecule has 0 saturated carbocycles. The SMILES string of the molecule is Cc1cc(C)c(OC(=O)/C=C/C(F)(F)Br)c(C)c1. The van der Waals surface area contributed by atoms with E-state index in [-0.39, 0.29) is 0 Å². The van der Waals surface area contributed by atoms with Gasteiger partial charge in [0.2, 0.25) is 0 Å². The zero-order valence-corrected chi connectivity index (χ0v) is 11.8. The second kappa shape index (κ2) is 5.61. The molecule has 0 fully saturated rings. The third kappa shape index (κ3) is 4.56. The van der Waals surface area contributed by atoms with Crippen molar-refractivity contribution in [3.8, 4) is 5.75 Å². The minimum atomic E-state index is -3.20. The van der Waals surface area contributed by atoms with Crippen LogP contribution in [-0.2, 0) is 4.79 Å². The molecule has 1 aromatic carbocycles. The van der Waals surface area contributed by atoms with Crippen LogP contribution in [0.5, 0.6) is 5.75 Å². The van der Waals surface area contributed by atoms with Gasteiger partial charge in [0.15, 0.2) is 0 Å². The second-order valence-electron chi connectivity index (χ2n) is 4.02. The number of rotatable bonds is 3. The molecule has 1 rings (SSSR count). The number of allylic oxidation sites excluding steroid dienone is 1. The van der Waals surface area contributed by atoms with E-state index in [1.165, 1.54) is 0 Å².